The second kappa shape index (κ2) is 8.01. The van der Waals surface area contributed by atoms with Gasteiger partial charge in [0.15, 0.2) is 17.4 Å². The van der Waals surface area contributed by atoms with E-state index < -0.39 is 37.3 Å². The number of rotatable bonds is 4. The molecule has 0 bridgehead atoms. The van der Waals surface area contributed by atoms with Gasteiger partial charge in [0, 0.05) is 6.07 Å². The number of ether oxygens (including phenoxy) is 1. The maximum atomic E-state index is 10.4. The molecule has 0 radical (unpaired) electrons. The van der Waals surface area contributed by atoms with Gasteiger partial charge < -0.3 is 40.4 Å². The van der Waals surface area contributed by atoms with Crippen LogP contribution in [0.1, 0.15) is 11.8 Å². The van der Waals surface area contributed by atoms with Crippen LogP contribution in [-0.2, 0) is 11.3 Å². The lowest BCUT2D eigenvalue weighted by Crippen LogP contribution is -2.56. The van der Waals surface area contributed by atoms with E-state index in [1.165, 1.54) is 35.4 Å². The molecule has 2 aromatic heterocycles. The van der Waals surface area contributed by atoms with Crippen molar-refractivity contribution >= 4 is 11.2 Å². The number of phenols is 2. The summed E-state index contributed by atoms with van der Waals surface area (Å²) in [5, 5.41) is 58.9. The first kappa shape index (κ1) is 20.3. The largest absolute Gasteiger partial charge is 0.508 e. The summed E-state index contributed by atoms with van der Waals surface area (Å²) in [5.41, 5.74) is 1.57. The molecule has 3 aromatic rings. The third kappa shape index (κ3) is 3.62. The Morgan fingerprint density at radius 2 is 1.77 bits per heavy atom. The van der Waals surface area contributed by atoms with Gasteiger partial charge in [0.1, 0.15) is 47.8 Å². The van der Waals surface area contributed by atoms with Gasteiger partial charge in [-0.15, -0.1) is 0 Å². The van der Waals surface area contributed by atoms with E-state index in [-0.39, 0.29) is 23.5 Å². The number of nitrogens with one attached hydrogen (secondary N) is 1. The molecule has 4 rings (SSSR count). The van der Waals surface area contributed by atoms with Gasteiger partial charge in [-0.3, -0.25) is 9.56 Å². The van der Waals surface area contributed by atoms with Gasteiger partial charge >= 0.3 is 0 Å². The van der Waals surface area contributed by atoms with Crippen LogP contribution in [-0.4, -0.2) is 81.2 Å². The Balaban J connectivity index is 1.70. The van der Waals surface area contributed by atoms with E-state index in [1.54, 1.807) is 0 Å². The molecule has 0 amide bonds. The molecule has 1 saturated heterocycles. The molecule has 12 nitrogen and oxygen atoms in total. The molecule has 0 spiro atoms. The highest BCUT2D eigenvalue weighted by Gasteiger charge is 2.44. The minimum absolute atomic E-state index is 0.0895. The number of aromatic amines is 1. The van der Waals surface area contributed by atoms with Crippen LogP contribution in [0.15, 0.2) is 35.8 Å². The molecule has 1 aliphatic heterocycles. The van der Waals surface area contributed by atoms with Crippen molar-refractivity contribution in [1.82, 2.24) is 19.5 Å². The number of phenolic OH excluding ortho intramolecular Hbond substituents is 2. The summed E-state index contributed by atoms with van der Waals surface area (Å²) in [4.78, 5) is 15.7. The van der Waals surface area contributed by atoms with Crippen molar-refractivity contribution in [1.29, 1.82) is 0 Å². The SMILES string of the molecule is OC[C@H]1OC(n2cnc(=NCc3cc(O)cc(O)c3)c3[nH]cnc32)[C@H](O)[C@@H](O)[C@@H]1O. The third-order valence-electron chi connectivity index (χ3n) is 4.91. The van der Waals surface area contributed by atoms with Crippen molar-refractivity contribution in [3.8, 4) is 11.5 Å². The molecule has 3 heterocycles. The Morgan fingerprint density at radius 1 is 1.03 bits per heavy atom. The van der Waals surface area contributed by atoms with Crippen molar-refractivity contribution < 1.29 is 35.4 Å². The second-order valence-electron chi connectivity index (χ2n) is 6.97. The van der Waals surface area contributed by atoms with Gasteiger partial charge in [0.25, 0.3) is 0 Å². The zero-order valence-electron chi connectivity index (χ0n) is 15.6. The lowest BCUT2D eigenvalue weighted by atomic mass is 9.98. The molecule has 12 heteroatoms. The van der Waals surface area contributed by atoms with Gasteiger partial charge in [-0.2, -0.15) is 0 Å². The van der Waals surface area contributed by atoms with E-state index in [1.807, 2.05) is 0 Å². The molecule has 1 fully saturated rings. The Hall–Kier alpha value is -3.03. The van der Waals surface area contributed by atoms with Crippen LogP contribution in [0.4, 0.5) is 0 Å². The molecule has 1 aromatic carbocycles. The van der Waals surface area contributed by atoms with Crippen LogP contribution in [0.3, 0.4) is 0 Å². The van der Waals surface area contributed by atoms with Crippen molar-refractivity contribution in [2.24, 2.45) is 4.99 Å². The number of aromatic hydroxyl groups is 2. The van der Waals surface area contributed by atoms with E-state index in [9.17, 15) is 30.6 Å². The number of hydrogen-bond acceptors (Lipinski definition) is 10. The van der Waals surface area contributed by atoms with Crippen molar-refractivity contribution in [2.75, 3.05) is 6.61 Å². The average molecular weight is 419 g/mol. The Labute approximate surface area is 169 Å². The standard InChI is InChI=1S/C18H21N5O7/c24-5-11-13(27)14(28)15(29)18(30-11)23-7-22-16(12-17(23)21-6-20-12)19-4-8-1-9(25)3-10(26)2-8/h1-3,6-7,11,13-15,18,24-29H,4-5H2,(H,20,21)/t11-,13-,14+,15-,18?/m1/s1. The van der Waals surface area contributed by atoms with Crippen LogP contribution < -0.4 is 5.49 Å². The molecule has 160 valence electrons. The van der Waals surface area contributed by atoms with E-state index in [4.69, 9.17) is 4.74 Å². The highest BCUT2D eigenvalue weighted by Crippen LogP contribution is 2.29. The number of benzene rings is 1. The summed E-state index contributed by atoms with van der Waals surface area (Å²) in [6.45, 7) is -0.434. The van der Waals surface area contributed by atoms with Gasteiger partial charge in [-0.25, -0.2) is 9.97 Å². The maximum Gasteiger partial charge on any atom is 0.177 e. The van der Waals surface area contributed by atoms with Crippen molar-refractivity contribution in [3.05, 3.63) is 41.9 Å². The summed E-state index contributed by atoms with van der Waals surface area (Å²) < 4.78 is 6.93. The van der Waals surface area contributed by atoms with Crippen molar-refractivity contribution in [3.63, 3.8) is 0 Å². The van der Waals surface area contributed by atoms with E-state index in [0.29, 0.717) is 16.7 Å². The van der Waals surface area contributed by atoms with Crippen LogP contribution in [0.25, 0.3) is 11.2 Å². The van der Waals surface area contributed by atoms with Crippen LogP contribution >= 0.6 is 0 Å². The van der Waals surface area contributed by atoms with Crippen LogP contribution in [0.5, 0.6) is 11.5 Å². The predicted octanol–water partition coefficient (Wildman–Crippen LogP) is -1.76. The Bertz CT molecular complexity index is 1090. The summed E-state index contributed by atoms with van der Waals surface area (Å²) in [5.74, 6) is -0.179. The summed E-state index contributed by atoms with van der Waals surface area (Å²) in [7, 11) is 0. The zero-order chi connectivity index (χ0) is 21.4. The number of aliphatic hydroxyl groups is 4. The highest BCUT2D eigenvalue weighted by molar-refractivity contribution is 5.68. The lowest BCUT2D eigenvalue weighted by molar-refractivity contribution is -0.250. The van der Waals surface area contributed by atoms with Crippen molar-refractivity contribution in [2.45, 2.75) is 37.2 Å². The number of H-pyrrole nitrogens is 1. The Morgan fingerprint density at radius 3 is 2.47 bits per heavy atom. The average Bonchev–Trinajstić information content (AvgIpc) is 3.20. The molecule has 0 saturated carbocycles. The van der Waals surface area contributed by atoms with E-state index >= 15 is 0 Å². The number of imidazole rings is 1. The number of aromatic nitrogens is 4. The summed E-state index contributed by atoms with van der Waals surface area (Å²) in [6, 6.07) is 4.13. The normalized spacial score (nSPS) is 27.6. The predicted molar refractivity (Wildman–Crippen MR) is 99.9 cm³/mol. The molecule has 5 atom stereocenters. The minimum Gasteiger partial charge on any atom is -0.508 e. The second-order valence-corrected chi connectivity index (χ2v) is 6.97. The molecule has 1 unspecified atom stereocenters. The quantitative estimate of drug-likeness (QED) is 0.257. The van der Waals surface area contributed by atoms with E-state index in [0.717, 1.165) is 0 Å². The highest BCUT2D eigenvalue weighted by atomic mass is 16.6. The fraction of sp³-hybridized carbons (Fsp3) is 0.389. The van der Waals surface area contributed by atoms with E-state index in [2.05, 4.69) is 19.9 Å². The smallest absolute Gasteiger partial charge is 0.177 e. The topological polar surface area (TPSA) is 189 Å². The number of fused-ring (bicyclic) bond motifs is 1. The fourth-order valence-corrected chi connectivity index (χ4v) is 3.42. The minimum atomic E-state index is -1.54. The fourth-order valence-electron chi connectivity index (χ4n) is 3.42. The molecule has 7 N–H and O–H groups in total. The van der Waals surface area contributed by atoms with Gasteiger partial charge in [-0.05, 0) is 17.7 Å². The number of aliphatic hydroxyl groups excluding tert-OH is 4. The summed E-state index contributed by atoms with van der Waals surface area (Å²) in [6.07, 6.45) is -4.02. The van der Waals surface area contributed by atoms with Crippen LogP contribution in [0, 0.1) is 0 Å². The zero-order valence-corrected chi connectivity index (χ0v) is 15.6. The Kier molecular flexibility index (Phi) is 5.40. The molecular formula is C18H21N5O7. The molecule has 0 aliphatic carbocycles. The lowest BCUT2D eigenvalue weighted by Gasteiger charge is -2.40. The third-order valence-corrected chi connectivity index (χ3v) is 4.91. The van der Waals surface area contributed by atoms with Gasteiger partial charge in [0.05, 0.1) is 19.5 Å². The monoisotopic (exact) mass is 419 g/mol. The molecular weight excluding hydrogens is 398 g/mol. The van der Waals surface area contributed by atoms with Gasteiger partial charge in [-0.1, -0.05) is 0 Å². The first-order valence-corrected chi connectivity index (χ1v) is 9.12. The maximum absolute atomic E-state index is 10.4. The van der Waals surface area contributed by atoms with Crippen LogP contribution in [0.2, 0.25) is 0 Å². The first-order valence-electron chi connectivity index (χ1n) is 9.12. The first-order chi connectivity index (χ1) is 14.4. The summed E-state index contributed by atoms with van der Waals surface area (Å²) >= 11 is 0. The molecule has 1 aliphatic rings. The molecule has 30 heavy (non-hydrogen) atoms. The van der Waals surface area contributed by atoms with Gasteiger partial charge in [0.2, 0.25) is 0 Å². The number of nitrogens with zero attached hydrogens (tertiary/aromatic N) is 4. The number of hydrogen-bond donors (Lipinski definition) is 7.